The van der Waals surface area contributed by atoms with Gasteiger partial charge in [0.05, 0.1) is 12.0 Å². The van der Waals surface area contributed by atoms with Crippen LogP contribution in [0.2, 0.25) is 0 Å². The second-order valence-electron chi connectivity index (χ2n) is 9.49. The summed E-state index contributed by atoms with van der Waals surface area (Å²) in [6.07, 6.45) is 4.75. The van der Waals surface area contributed by atoms with E-state index >= 15 is 0 Å². The summed E-state index contributed by atoms with van der Waals surface area (Å²) < 4.78 is 5.67. The molecule has 2 aromatic carbocycles. The van der Waals surface area contributed by atoms with E-state index in [1.165, 1.54) is 16.7 Å². The first-order valence-electron chi connectivity index (χ1n) is 11.9. The molecule has 0 radical (unpaired) electrons. The van der Waals surface area contributed by atoms with Crippen LogP contribution in [0.4, 0.5) is 0 Å². The zero-order valence-electron chi connectivity index (χ0n) is 19.5. The second-order valence-corrected chi connectivity index (χ2v) is 9.49. The summed E-state index contributed by atoms with van der Waals surface area (Å²) in [4.78, 5) is 25.6. The van der Waals surface area contributed by atoms with Crippen LogP contribution in [0.15, 0.2) is 42.5 Å². The summed E-state index contributed by atoms with van der Waals surface area (Å²) in [7, 11) is 2.13. The summed E-state index contributed by atoms with van der Waals surface area (Å²) in [5.41, 5.74) is 5.16. The number of nitrogens with zero attached hydrogens (tertiary/aromatic N) is 1. The van der Waals surface area contributed by atoms with Crippen LogP contribution in [0.3, 0.4) is 0 Å². The van der Waals surface area contributed by atoms with Crippen molar-refractivity contribution in [3.8, 4) is 5.75 Å². The van der Waals surface area contributed by atoms with Crippen LogP contribution in [0.5, 0.6) is 5.75 Å². The molecule has 0 amide bonds. The van der Waals surface area contributed by atoms with Crippen molar-refractivity contribution >= 4 is 5.97 Å². The average Bonchev–Trinajstić information content (AvgIpc) is 3.25. The highest BCUT2D eigenvalue weighted by Crippen LogP contribution is 2.33. The molecule has 32 heavy (non-hydrogen) atoms. The average molecular weight is 438 g/mol. The van der Waals surface area contributed by atoms with Gasteiger partial charge in [-0.05, 0) is 88.2 Å². The number of likely N-dealkylation sites (N-methyl/N-ethyl adjacent to an activating group) is 1. The second kappa shape index (κ2) is 10.5. The minimum Gasteiger partial charge on any atom is -0.463 e. The van der Waals surface area contributed by atoms with E-state index in [0.29, 0.717) is 12.5 Å². The Morgan fingerprint density at radius 2 is 1.94 bits per heavy atom. The molecule has 0 aromatic heterocycles. The van der Waals surface area contributed by atoms with Gasteiger partial charge in [-0.15, -0.1) is 0 Å². The summed E-state index contributed by atoms with van der Waals surface area (Å²) in [6.45, 7) is 6.19. The smallest absolute Gasteiger partial charge is 0.309 e. The zero-order chi connectivity index (χ0) is 22.5. The van der Waals surface area contributed by atoms with Gasteiger partial charge in [-0.3, -0.25) is 4.79 Å². The van der Waals surface area contributed by atoms with Crippen molar-refractivity contribution in [3.05, 3.63) is 64.7 Å². The van der Waals surface area contributed by atoms with E-state index in [4.69, 9.17) is 14.5 Å². The van der Waals surface area contributed by atoms with E-state index in [1.807, 2.05) is 13.8 Å². The van der Waals surface area contributed by atoms with E-state index in [9.17, 15) is 4.79 Å². The fraction of sp³-hybridized carbons (Fsp3) is 0.519. The van der Waals surface area contributed by atoms with Gasteiger partial charge in [-0.2, -0.15) is 4.89 Å². The number of benzene rings is 2. The number of carbonyl (C=O) groups is 1. The SMILES string of the molecule is CC(C)OC(=O)C(CCN(C)CCc1ccc2c(c1)OOC2)C1CCc2ccccc2C1. The minimum atomic E-state index is -0.0791. The summed E-state index contributed by atoms with van der Waals surface area (Å²) in [6, 6.07) is 14.9. The Morgan fingerprint density at radius 1 is 1.12 bits per heavy atom. The third-order valence-corrected chi connectivity index (χ3v) is 6.71. The van der Waals surface area contributed by atoms with E-state index in [2.05, 4.69) is 54.4 Å². The molecule has 2 atom stereocenters. The van der Waals surface area contributed by atoms with E-state index in [0.717, 1.165) is 56.5 Å². The topological polar surface area (TPSA) is 48.0 Å². The fourth-order valence-electron chi connectivity index (χ4n) is 4.83. The third kappa shape index (κ3) is 5.70. The Balaban J connectivity index is 1.34. The van der Waals surface area contributed by atoms with Gasteiger partial charge in [0.25, 0.3) is 0 Å². The molecule has 2 aliphatic rings. The number of fused-ring (bicyclic) bond motifs is 2. The molecule has 2 aromatic rings. The number of aryl methyl sites for hydroxylation is 1. The molecule has 0 saturated heterocycles. The molecule has 0 fully saturated rings. The van der Waals surface area contributed by atoms with Gasteiger partial charge in [-0.1, -0.05) is 36.4 Å². The number of carbonyl (C=O) groups excluding carboxylic acids is 1. The highest BCUT2D eigenvalue weighted by atomic mass is 17.2. The van der Waals surface area contributed by atoms with Gasteiger partial charge in [0.1, 0.15) is 6.61 Å². The number of hydrogen-bond acceptors (Lipinski definition) is 5. The lowest BCUT2D eigenvalue weighted by Gasteiger charge is -2.32. The molecule has 2 unspecified atom stereocenters. The van der Waals surface area contributed by atoms with Crippen molar-refractivity contribution < 1.29 is 19.3 Å². The van der Waals surface area contributed by atoms with Gasteiger partial charge < -0.3 is 14.5 Å². The van der Waals surface area contributed by atoms with Crippen molar-refractivity contribution in [1.29, 1.82) is 0 Å². The molecule has 5 heteroatoms. The van der Waals surface area contributed by atoms with Gasteiger partial charge in [0.2, 0.25) is 0 Å². The maximum absolute atomic E-state index is 13.0. The highest BCUT2D eigenvalue weighted by Gasteiger charge is 2.32. The van der Waals surface area contributed by atoms with Gasteiger partial charge in [-0.25, -0.2) is 0 Å². The highest BCUT2D eigenvalue weighted by molar-refractivity contribution is 5.73. The van der Waals surface area contributed by atoms with E-state index in [1.54, 1.807) is 0 Å². The summed E-state index contributed by atoms with van der Waals surface area (Å²) >= 11 is 0. The largest absolute Gasteiger partial charge is 0.463 e. The van der Waals surface area contributed by atoms with Crippen LogP contribution >= 0.6 is 0 Å². The Labute approximate surface area is 191 Å². The van der Waals surface area contributed by atoms with Gasteiger partial charge >= 0.3 is 5.97 Å². The van der Waals surface area contributed by atoms with Crippen molar-refractivity contribution in [2.75, 3.05) is 20.1 Å². The van der Waals surface area contributed by atoms with E-state index in [-0.39, 0.29) is 18.0 Å². The molecule has 1 aliphatic heterocycles. The van der Waals surface area contributed by atoms with Crippen LogP contribution in [0, 0.1) is 11.8 Å². The lowest BCUT2D eigenvalue weighted by Crippen LogP contribution is -2.34. The lowest BCUT2D eigenvalue weighted by molar-refractivity contribution is -0.194. The van der Waals surface area contributed by atoms with Crippen molar-refractivity contribution in [3.63, 3.8) is 0 Å². The first-order chi connectivity index (χ1) is 15.5. The van der Waals surface area contributed by atoms with Crippen LogP contribution < -0.4 is 4.89 Å². The molecular weight excluding hydrogens is 402 g/mol. The number of ether oxygens (including phenoxy) is 1. The molecule has 1 heterocycles. The lowest BCUT2D eigenvalue weighted by atomic mass is 9.76. The molecule has 0 saturated carbocycles. The van der Waals surface area contributed by atoms with Gasteiger partial charge in [0, 0.05) is 12.1 Å². The zero-order valence-corrected chi connectivity index (χ0v) is 19.5. The molecule has 0 bridgehead atoms. The molecule has 5 nitrogen and oxygen atoms in total. The van der Waals surface area contributed by atoms with Crippen molar-refractivity contribution in [1.82, 2.24) is 4.90 Å². The summed E-state index contributed by atoms with van der Waals surface area (Å²) in [5, 5.41) is 0. The maximum atomic E-state index is 13.0. The number of hydrogen-bond donors (Lipinski definition) is 0. The first-order valence-corrected chi connectivity index (χ1v) is 11.9. The quantitative estimate of drug-likeness (QED) is 0.419. The number of rotatable bonds is 9. The van der Waals surface area contributed by atoms with Crippen molar-refractivity contribution in [2.45, 2.75) is 58.7 Å². The normalized spacial score (nSPS) is 18.2. The number of esters is 1. The predicted molar refractivity (Wildman–Crippen MR) is 124 cm³/mol. The monoisotopic (exact) mass is 437 g/mol. The van der Waals surface area contributed by atoms with Gasteiger partial charge in [0.15, 0.2) is 5.75 Å². The van der Waals surface area contributed by atoms with Crippen LogP contribution in [0.1, 0.15) is 48.9 Å². The summed E-state index contributed by atoms with van der Waals surface area (Å²) in [5.74, 6) is 1.09. The first kappa shape index (κ1) is 22.8. The van der Waals surface area contributed by atoms with Crippen LogP contribution in [0.25, 0.3) is 0 Å². The Hall–Kier alpha value is -2.37. The van der Waals surface area contributed by atoms with Crippen LogP contribution in [-0.4, -0.2) is 37.1 Å². The molecule has 4 rings (SSSR count). The Bertz CT molecular complexity index is 926. The molecule has 1 aliphatic carbocycles. The van der Waals surface area contributed by atoms with Crippen LogP contribution in [-0.2, 0) is 40.3 Å². The van der Waals surface area contributed by atoms with E-state index < -0.39 is 0 Å². The molecule has 172 valence electrons. The Morgan fingerprint density at radius 3 is 2.75 bits per heavy atom. The minimum absolute atomic E-state index is 0.0337. The molecule has 0 spiro atoms. The molecule has 0 N–H and O–H groups in total. The predicted octanol–water partition coefficient (Wildman–Crippen LogP) is 4.75. The standard InChI is InChI=1S/C27H35NO4/c1-19(2)31-27(29)25(23-11-10-21-6-4-5-7-22(21)17-23)13-15-28(3)14-12-20-8-9-24-18-30-32-26(24)16-20/h4-9,16,19,23,25H,10-15,17-18H2,1-3H3. The fourth-order valence-corrected chi connectivity index (χ4v) is 4.83. The maximum Gasteiger partial charge on any atom is 0.309 e. The third-order valence-electron chi connectivity index (χ3n) is 6.71. The van der Waals surface area contributed by atoms with Crippen molar-refractivity contribution in [2.24, 2.45) is 11.8 Å². The molecular formula is C27H35NO4. The Kier molecular flexibility index (Phi) is 7.48.